The predicted octanol–water partition coefficient (Wildman–Crippen LogP) is 0.0204. The molecule has 1 aromatic heterocycles. The summed E-state index contributed by atoms with van der Waals surface area (Å²) < 4.78 is 1.82. The molecule has 1 amide bonds. The molecule has 110 valence electrons. The van der Waals surface area contributed by atoms with Crippen LogP contribution in [0.2, 0.25) is 0 Å². The minimum atomic E-state index is 0.210. The van der Waals surface area contributed by atoms with Gasteiger partial charge in [0.05, 0.1) is 12.2 Å². The lowest BCUT2D eigenvalue weighted by Crippen LogP contribution is -2.55. The van der Waals surface area contributed by atoms with Gasteiger partial charge in [-0.25, -0.2) is 0 Å². The van der Waals surface area contributed by atoms with Crippen LogP contribution in [0.5, 0.6) is 0 Å². The van der Waals surface area contributed by atoms with Gasteiger partial charge in [-0.1, -0.05) is 0 Å². The van der Waals surface area contributed by atoms with E-state index < -0.39 is 0 Å². The first-order valence-corrected chi connectivity index (χ1v) is 7.39. The van der Waals surface area contributed by atoms with Gasteiger partial charge in [-0.3, -0.25) is 14.4 Å². The molecule has 1 aromatic rings. The van der Waals surface area contributed by atoms with Crippen molar-refractivity contribution in [3.63, 3.8) is 0 Å². The molecule has 0 aromatic carbocycles. The van der Waals surface area contributed by atoms with Crippen molar-refractivity contribution in [1.82, 2.24) is 20.0 Å². The van der Waals surface area contributed by atoms with Gasteiger partial charge < -0.3 is 11.1 Å². The monoisotopic (exact) mass is 277 g/mol. The summed E-state index contributed by atoms with van der Waals surface area (Å²) in [6.07, 6.45) is 6.64. The first-order valence-electron chi connectivity index (χ1n) is 7.39. The van der Waals surface area contributed by atoms with Gasteiger partial charge in [0.2, 0.25) is 5.91 Å². The standard InChI is InChI=1S/C14H23N5O/c1-18-8-11(7-16-18)13(6-15)19-5-4-12-10(9-19)2-3-14(20)17-12/h7-8,10,12-13H,2-6,9,15H2,1H3,(H,17,20). The van der Waals surface area contributed by atoms with Gasteiger partial charge in [0, 0.05) is 50.9 Å². The van der Waals surface area contributed by atoms with Crippen LogP contribution in [0.1, 0.15) is 30.9 Å². The quantitative estimate of drug-likeness (QED) is 0.817. The number of nitrogens with two attached hydrogens (primary N) is 1. The third-order valence-corrected chi connectivity index (χ3v) is 4.63. The Morgan fingerprint density at radius 1 is 1.55 bits per heavy atom. The fourth-order valence-electron chi connectivity index (χ4n) is 3.53. The average Bonchev–Trinajstić information content (AvgIpc) is 2.86. The lowest BCUT2D eigenvalue weighted by molar-refractivity contribution is -0.125. The van der Waals surface area contributed by atoms with Gasteiger partial charge in [0.25, 0.3) is 0 Å². The zero-order valence-electron chi connectivity index (χ0n) is 12.0. The van der Waals surface area contributed by atoms with Crippen LogP contribution in [-0.2, 0) is 11.8 Å². The molecule has 3 N–H and O–H groups in total. The molecule has 2 aliphatic rings. The number of nitrogens with one attached hydrogen (secondary N) is 1. The van der Waals surface area contributed by atoms with E-state index in [1.54, 1.807) is 0 Å². The van der Waals surface area contributed by atoms with Crippen LogP contribution < -0.4 is 11.1 Å². The molecule has 2 fully saturated rings. The topological polar surface area (TPSA) is 76.2 Å². The Balaban J connectivity index is 1.70. The van der Waals surface area contributed by atoms with Crippen molar-refractivity contribution in [2.24, 2.45) is 18.7 Å². The highest BCUT2D eigenvalue weighted by Gasteiger charge is 2.36. The van der Waals surface area contributed by atoms with Gasteiger partial charge in [-0.15, -0.1) is 0 Å². The molecule has 6 nitrogen and oxygen atoms in total. The Morgan fingerprint density at radius 3 is 3.10 bits per heavy atom. The first-order chi connectivity index (χ1) is 9.67. The van der Waals surface area contributed by atoms with Crippen LogP contribution in [0.15, 0.2) is 12.4 Å². The van der Waals surface area contributed by atoms with Gasteiger partial charge >= 0.3 is 0 Å². The van der Waals surface area contributed by atoms with E-state index in [1.807, 2.05) is 24.1 Å². The number of carbonyl (C=O) groups excluding carboxylic acids is 1. The number of hydrogen-bond donors (Lipinski definition) is 2. The van der Waals surface area contributed by atoms with E-state index in [0.717, 1.165) is 25.9 Å². The summed E-state index contributed by atoms with van der Waals surface area (Å²) in [4.78, 5) is 13.9. The molecule has 0 radical (unpaired) electrons. The van der Waals surface area contributed by atoms with Crippen molar-refractivity contribution in [3.8, 4) is 0 Å². The van der Waals surface area contributed by atoms with Crippen molar-refractivity contribution in [1.29, 1.82) is 0 Å². The number of likely N-dealkylation sites (tertiary alicyclic amines) is 1. The third-order valence-electron chi connectivity index (χ3n) is 4.63. The van der Waals surface area contributed by atoms with Crippen molar-refractivity contribution >= 4 is 5.91 Å². The SMILES string of the molecule is Cn1cc(C(CN)N2CCC3NC(=O)CCC3C2)cn1. The van der Waals surface area contributed by atoms with Crippen LogP contribution in [-0.4, -0.2) is 46.3 Å². The average molecular weight is 277 g/mol. The molecule has 2 saturated heterocycles. The number of amides is 1. The van der Waals surface area contributed by atoms with Gasteiger partial charge in [0.1, 0.15) is 0 Å². The molecule has 2 aliphatic heterocycles. The Bertz CT molecular complexity index is 486. The number of aromatic nitrogens is 2. The summed E-state index contributed by atoms with van der Waals surface area (Å²) in [7, 11) is 1.93. The second-order valence-corrected chi connectivity index (χ2v) is 5.96. The number of rotatable bonds is 3. The summed E-state index contributed by atoms with van der Waals surface area (Å²) in [5.74, 6) is 0.773. The summed E-state index contributed by atoms with van der Waals surface area (Å²) in [5, 5.41) is 7.38. The Hall–Kier alpha value is -1.40. The van der Waals surface area contributed by atoms with Crippen LogP contribution in [0.25, 0.3) is 0 Å². The predicted molar refractivity (Wildman–Crippen MR) is 75.8 cm³/mol. The molecular weight excluding hydrogens is 254 g/mol. The molecule has 3 heterocycles. The van der Waals surface area contributed by atoms with E-state index >= 15 is 0 Å². The first kappa shape index (κ1) is 13.6. The van der Waals surface area contributed by atoms with Gasteiger partial charge in [0.15, 0.2) is 0 Å². The van der Waals surface area contributed by atoms with E-state index in [4.69, 9.17) is 5.73 Å². The third kappa shape index (κ3) is 2.58. The number of nitrogens with zero attached hydrogens (tertiary/aromatic N) is 3. The smallest absolute Gasteiger partial charge is 0.220 e. The van der Waals surface area contributed by atoms with E-state index in [-0.39, 0.29) is 11.9 Å². The zero-order chi connectivity index (χ0) is 14.1. The highest BCUT2D eigenvalue weighted by Crippen LogP contribution is 2.30. The second-order valence-electron chi connectivity index (χ2n) is 5.96. The highest BCUT2D eigenvalue weighted by molar-refractivity contribution is 5.77. The molecule has 0 bridgehead atoms. The molecule has 20 heavy (non-hydrogen) atoms. The lowest BCUT2D eigenvalue weighted by Gasteiger charge is -2.44. The molecule has 3 unspecified atom stereocenters. The highest BCUT2D eigenvalue weighted by atomic mass is 16.1. The number of piperidine rings is 2. The van der Waals surface area contributed by atoms with Gasteiger partial charge in [-0.05, 0) is 18.8 Å². The summed E-state index contributed by atoms with van der Waals surface area (Å²) in [5.41, 5.74) is 7.17. The van der Waals surface area contributed by atoms with E-state index in [1.165, 1.54) is 5.56 Å². The molecule has 3 atom stereocenters. The van der Waals surface area contributed by atoms with E-state index in [0.29, 0.717) is 24.9 Å². The number of carbonyl (C=O) groups is 1. The van der Waals surface area contributed by atoms with Crippen LogP contribution in [0.3, 0.4) is 0 Å². The largest absolute Gasteiger partial charge is 0.353 e. The number of fused-ring (bicyclic) bond motifs is 1. The van der Waals surface area contributed by atoms with Crippen molar-refractivity contribution in [2.75, 3.05) is 19.6 Å². The lowest BCUT2D eigenvalue weighted by atomic mass is 9.84. The molecule has 0 aliphatic carbocycles. The maximum atomic E-state index is 11.5. The van der Waals surface area contributed by atoms with Crippen LogP contribution >= 0.6 is 0 Å². The Kier molecular flexibility index (Phi) is 3.76. The molecule has 0 saturated carbocycles. The fourth-order valence-corrected chi connectivity index (χ4v) is 3.53. The summed E-state index contributed by atoms with van der Waals surface area (Å²) in [6.45, 7) is 2.61. The minimum absolute atomic E-state index is 0.210. The minimum Gasteiger partial charge on any atom is -0.353 e. The molecule has 0 spiro atoms. The summed E-state index contributed by atoms with van der Waals surface area (Å²) in [6, 6.07) is 0.599. The number of aryl methyl sites for hydroxylation is 1. The van der Waals surface area contributed by atoms with Crippen LogP contribution in [0, 0.1) is 5.92 Å². The summed E-state index contributed by atoms with van der Waals surface area (Å²) >= 11 is 0. The fraction of sp³-hybridized carbons (Fsp3) is 0.714. The van der Waals surface area contributed by atoms with Crippen molar-refractivity contribution in [2.45, 2.75) is 31.3 Å². The van der Waals surface area contributed by atoms with Gasteiger partial charge in [-0.2, -0.15) is 5.10 Å². The molecule has 3 rings (SSSR count). The number of hydrogen-bond acceptors (Lipinski definition) is 4. The second kappa shape index (κ2) is 5.54. The zero-order valence-corrected chi connectivity index (χ0v) is 12.0. The molecule has 6 heteroatoms. The van der Waals surface area contributed by atoms with Crippen molar-refractivity contribution < 1.29 is 4.79 Å². The maximum absolute atomic E-state index is 11.5. The Labute approximate surface area is 119 Å². The molecular formula is C14H23N5O. The van der Waals surface area contributed by atoms with Crippen molar-refractivity contribution in [3.05, 3.63) is 18.0 Å². The van der Waals surface area contributed by atoms with Crippen LogP contribution in [0.4, 0.5) is 0 Å². The van der Waals surface area contributed by atoms with E-state index in [9.17, 15) is 4.79 Å². The maximum Gasteiger partial charge on any atom is 0.220 e. The van der Waals surface area contributed by atoms with E-state index in [2.05, 4.69) is 15.3 Å². The Morgan fingerprint density at radius 2 is 2.40 bits per heavy atom. The normalized spacial score (nSPS) is 28.8.